The molecule has 0 heterocycles. The summed E-state index contributed by atoms with van der Waals surface area (Å²) >= 11 is 0. The Kier molecular flexibility index (Phi) is 5.52. The summed E-state index contributed by atoms with van der Waals surface area (Å²) in [5, 5.41) is 7.94. The van der Waals surface area contributed by atoms with Gasteiger partial charge in [0.2, 0.25) is 11.8 Å². The Morgan fingerprint density at radius 1 is 1.15 bits per heavy atom. The van der Waals surface area contributed by atoms with Crippen molar-refractivity contribution in [2.45, 2.75) is 38.8 Å². The van der Waals surface area contributed by atoms with Gasteiger partial charge in [-0.25, -0.2) is 0 Å². The maximum atomic E-state index is 12.4. The minimum Gasteiger partial charge on any atom is -0.348 e. The van der Waals surface area contributed by atoms with E-state index in [2.05, 4.69) is 10.6 Å². The summed E-state index contributed by atoms with van der Waals surface area (Å²) in [5.74, 6) is -0.320. The van der Waals surface area contributed by atoms with Gasteiger partial charge in [-0.3, -0.25) is 9.59 Å². The summed E-state index contributed by atoms with van der Waals surface area (Å²) in [5.41, 5.74) is 2.19. The van der Waals surface area contributed by atoms with E-state index in [1.54, 1.807) is 6.92 Å². The normalized spacial score (nSPS) is 17.5. The average molecular weight is 348 g/mol. The van der Waals surface area contributed by atoms with Crippen LogP contribution in [0.15, 0.2) is 66.3 Å². The van der Waals surface area contributed by atoms with Gasteiger partial charge in [-0.15, -0.1) is 0 Å². The second-order valence-corrected chi connectivity index (χ2v) is 6.82. The maximum absolute atomic E-state index is 12.4. The van der Waals surface area contributed by atoms with Gasteiger partial charge in [-0.05, 0) is 36.6 Å². The van der Waals surface area contributed by atoms with E-state index in [9.17, 15) is 9.59 Å². The number of allylic oxidation sites excluding steroid dienone is 2. The van der Waals surface area contributed by atoms with Crippen molar-refractivity contribution in [2.24, 2.45) is 0 Å². The highest BCUT2D eigenvalue weighted by atomic mass is 16.2. The molecular weight excluding hydrogens is 324 g/mol. The zero-order chi connectivity index (χ0) is 18.5. The van der Waals surface area contributed by atoms with E-state index < -0.39 is 6.04 Å². The first kappa shape index (κ1) is 17.9. The second kappa shape index (κ2) is 8.00. The molecule has 4 heteroatoms. The number of hydrogen-bond acceptors (Lipinski definition) is 2. The fraction of sp³-hybridized carbons (Fsp3) is 0.273. The van der Waals surface area contributed by atoms with Crippen LogP contribution in [0.4, 0.5) is 0 Å². The van der Waals surface area contributed by atoms with Crippen LogP contribution in [-0.4, -0.2) is 23.9 Å². The molecule has 2 aromatic carbocycles. The lowest BCUT2D eigenvalue weighted by atomic mass is 10.0. The number of benzene rings is 2. The van der Waals surface area contributed by atoms with Gasteiger partial charge in [0.1, 0.15) is 6.04 Å². The quantitative estimate of drug-likeness (QED) is 0.871. The summed E-state index contributed by atoms with van der Waals surface area (Å²) in [6.45, 7) is 3.75. The van der Waals surface area contributed by atoms with Gasteiger partial charge in [0.15, 0.2) is 0 Å². The maximum Gasteiger partial charge on any atom is 0.242 e. The Hall–Kier alpha value is -2.88. The first-order valence-corrected chi connectivity index (χ1v) is 8.93. The molecule has 0 spiro atoms. The van der Waals surface area contributed by atoms with E-state index in [0.717, 1.165) is 22.8 Å². The number of hydrogen-bond donors (Lipinski definition) is 2. The Labute approximate surface area is 154 Å². The van der Waals surface area contributed by atoms with Crippen LogP contribution in [0.2, 0.25) is 0 Å². The first-order valence-electron chi connectivity index (χ1n) is 8.93. The molecule has 0 saturated heterocycles. The van der Waals surface area contributed by atoms with Crippen molar-refractivity contribution in [3.63, 3.8) is 0 Å². The summed E-state index contributed by atoms with van der Waals surface area (Å²) in [6, 6.07) is 13.3. The van der Waals surface area contributed by atoms with Gasteiger partial charge >= 0.3 is 0 Å². The molecule has 1 aliphatic carbocycles. The number of fused-ring (bicyclic) bond motifs is 1. The third-order valence-electron chi connectivity index (χ3n) is 4.60. The third-order valence-corrected chi connectivity index (χ3v) is 4.60. The van der Waals surface area contributed by atoms with Gasteiger partial charge in [0, 0.05) is 0 Å². The van der Waals surface area contributed by atoms with Crippen molar-refractivity contribution in [1.29, 1.82) is 0 Å². The molecule has 2 amide bonds. The fourth-order valence-electron chi connectivity index (χ4n) is 3.22. The number of carbonyl (C=O) groups is 2. The van der Waals surface area contributed by atoms with Crippen LogP contribution in [0, 0.1) is 0 Å². The summed E-state index contributed by atoms with van der Waals surface area (Å²) in [6.07, 6.45) is 7.02. The van der Waals surface area contributed by atoms with E-state index in [0.29, 0.717) is 0 Å². The van der Waals surface area contributed by atoms with Gasteiger partial charge in [0.25, 0.3) is 0 Å². The summed E-state index contributed by atoms with van der Waals surface area (Å²) in [4.78, 5) is 24.7. The summed E-state index contributed by atoms with van der Waals surface area (Å²) in [7, 11) is 0. The molecule has 0 fully saturated rings. The molecule has 3 rings (SSSR count). The molecule has 0 bridgehead atoms. The van der Waals surface area contributed by atoms with Crippen LogP contribution >= 0.6 is 0 Å². The monoisotopic (exact) mass is 348 g/mol. The van der Waals surface area contributed by atoms with Crippen LogP contribution < -0.4 is 10.6 Å². The Morgan fingerprint density at radius 2 is 1.92 bits per heavy atom. The van der Waals surface area contributed by atoms with E-state index in [1.807, 2.05) is 67.6 Å². The molecule has 134 valence electrons. The van der Waals surface area contributed by atoms with Crippen LogP contribution in [0.1, 0.15) is 25.8 Å². The molecule has 0 radical (unpaired) electrons. The van der Waals surface area contributed by atoms with Crippen molar-refractivity contribution in [3.8, 4) is 0 Å². The van der Waals surface area contributed by atoms with E-state index in [-0.39, 0.29) is 24.3 Å². The van der Waals surface area contributed by atoms with Crippen molar-refractivity contribution < 1.29 is 9.59 Å². The van der Waals surface area contributed by atoms with E-state index in [4.69, 9.17) is 0 Å². The smallest absolute Gasteiger partial charge is 0.242 e. The molecule has 2 N–H and O–H groups in total. The molecule has 2 aromatic rings. The van der Waals surface area contributed by atoms with E-state index in [1.165, 1.54) is 5.57 Å². The fourth-order valence-corrected chi connectivity index (χ4v) is 3.22. The third kappa shape index (κ3) is 4.39. The Morgan fingerprint density at radius 3 is 2.73 bits per heavy atom. The molecule has 26 heavy (non-hydrogen) atoms. The molecule has 1 unspecified atom stereocenters. The predicted molar refractivity (Wildman–Crippen MR) is 105 cm³/mol. The van der Waals surface area contributed by atoms with Crippen LogP contribution in [0.25, 0.3) is 10.8 Å². The number of nitrogens with one attached hydrogen (secondary N) is 2. The molecular formula is C22H24N2O2. The van der Waals surface area contributed by atoms with Crippen LogP contribution in [0.5, 0.6) is 0 Å². The van der Waals surface area contributed by atoms with Crippen molar-refractivity contribution in [1.82, 2.24) is 10.6 Å². The zero-order valence-electron chi connectivity index (χ0n) is 15.2. The highest BCUT2D eigenvalue weighted by molar-refractivity contribution is 5.92. The van der Waals surface area contributed by atoms with Crippen LogP contribution in [0.3, 0.4) is 0 Å². The standard InChI is InChI=1S/C22H24N2O2/c1-15-7-5-11-19(13-15)24-22(26)16(2)23-21(25)14-18-10-6-9-17-8-3-4-12-20(17)18/h3-12,16,19H,13-14H2,1-2H3,(H,23,25)(H,24,26)/t16-,19?/m0/s1. The SMILES string of the molecule is CC1=CC=CC(NC(=O)[C@H](C)NC(=O)Cc2cccc3ccccc23)C1. The first-order chi connectivity index (χ1) is 12.5. The second-order valence-electron chi connectivity index (χ2n) is 6.82. The minimum atomic E-state index is -0.572. The van der Waals surface area contributed by atoms with Crippen LogP contribution in [-0.2, 0) is 16.0 Å². The topological polar surface area (TPSA) is 58.2 Å². The predicted octanol–water partition coefficient (Wildman–Crippen LogP) is 3.28. The molecule has 1 aliphatic rings. The van der Waals surface area contributed by atoms with Gasteiger partial charge in [0.05, 0.1) is 12.5 Å². The molecule has 0 aliphatic heterocycles. The highest BCUT2D eigenvalue weighted by Crippen LogP contribution is 2.19. The lowest BCUT2D eigenvalue weighted by Crippen LogP contribution is -2.48. The Balaban J connectivity index is 1.58. The highest BCUT2D eigenvalue weighted by Gasteiger charge is 2.19. The molecule has 0 aromatic heterocycles. The van der Waals surface area contributed by atoms with Crippen molar-refractivity contribution in [2.75, 3.05) is 0 Å². The average Bonchev–Trinajstić information content (AvgIpc) is 2.62. The molecule has 4 nitrogen and oxygen atoms in total. The van der Waals surface area contributed by atoms with Crippen molar-refractivity contribution >= 4 is 22.6 Å². The molecule has 2 atom stereocenters. The lowest BCUT2D eigenvalue weighted by molar-refractivity contribution is -0.128. The zero-order valence-corrected chi connectivity index (χ0v) is 15.2. The largest absolute Gasteiger partial charge is 0.348 e. The molecule has 0 saturated carbocycles. The number of rotatable bonds is 5. The Bertz CT molecular complexity index is 877. The number of carbonyl (C=O) groups excluding carboxylic acids is 2. The lowest BCUT2D eigenvalue weighted by Gasteiger charge is -2.21. The minimum absolute atomic E-state index is 0.00933. The van der Waals surface area contributed by atoms with Crippen molar-refractivity contribution in [3.05, 3.63) is 71.8 Å². The van der Waals surface area contributed by atoms with Gasteiger partial charge in [-0.1, -0.05) is 66.3 Å². The van der Waals surface area contributed by atoms with E-state index >= 15 is 0 Å². The van der Waals surface area contributed by atoms with Gasteiger partial charge < -0.3 is 10.6 Å². The number of amides is 2. The summed E-state index contributed by atoms with van der Waals surface area (Å²) < 4.78 is 0. The van der Waals surface area contributed by atoms with Gasteiger partial charge in [-0.2, -0.15) is 0 Å².